The van der Waals surface area contributed by atoms with Crippen LogP contribution in [0.15, 0.2) is 60.7 Å². The highest BCUT2D eigenvalue weighted by Crippen LogP contribution is 2.58. The molecule has 6 heteroatoms. The normalized spacial score (nSPS) is 21.5. The maximum Gasteiger partial charge on any atom is 0.371 e. The van der Waals surface area contributed by atoms with Crippen molar-refractivity contribution in [2.24, 2.45) is 0 Å². The van der Waals surface area contributed by atoms with Crippen LogP contribution in [0.1, 0.15) is 0 Å². The van der Waals surface area contributed by atoms with Gasteiger partial charge in [-0.1, -0.05) is 36.4 Å². The first-order valence-corrected chi connectivity index (χ1v) is 9.30. The van der Waals surface area contributed by atoms with Crippen LogP contribution in [0.25, 0.3) is 0 Å². The maximum atomic E-state index is 13.3. The van der Waals surface area contributed by atoms with E-state index in [1.54, 1.807) is 0 Å². The quantitative estimate of drug-likeness (QED) is 0.818. The number of rotatable bonds is 6. The molecule has 0 radical (unpaired) electrons. The SMILES string of the molecule is COP1(=O)N(CCNc2ccccc2)CCN1c1ccccc1. The van der Waals surface area contributed by atoms with E-state index >= 15 is 0 Å². The summed E-state index contributed by atoms with van der Waals surface area (Å²) < 4.78 is 22.6. The Morgan fingerprint density at radius 1 is 1.04 bits per heavy atom. The number of nitrogens with one attached hydrogen (secondary N) is 1. The van der Waals surface area contributed by atoms with E-state index in [1.807, 2.05) is 70.0 Å². The summed E-state index contributed by atoms with van der Waals surface area (Å²) in [5.74, 6) is 0. The Morgan fingerprint density at radius 2 is 1.70 bits per heavy atom. The van der Waals surface area contributed by atoms with Crippen molar-refractivity contribution in [1.29, 1.82) is 0 Å². The highest BCUT2D eigenvalue weighted by atomic mass is 31.2. The summed E-state index contributed by atoms with van der Waals surface area (Å²) in [6.07, 6.45) is 0. The maximum absolute atomic E-state index is 13.3. The third-order valence-corrected chi connectivity index (χ3v) is 6.63. The summed E-state index contributed by atoms with van der Waals surface area (Å²) in [5, 5.41) is 3.35. The van der Waals surface area contributed by atoms with Crippen molar-refractivity contribution in [3.8, 4) is 0 Å². The second-order valence-electron chi connectivity index (χ2n) is 5.38. The van der Waals surface area contributed by atoms with Crippen LogP contribution >= 0.6 is 7.67 Å². The van der Waals surface area contributed by atoms with E-state index in [1.165, 1.54) is 7.11 Å². The van der Waals surface area contributed by atoms with E-state index in [0.29, 0.717) is 13.1 Å². The van der Waals surface area contributed by atoms with Crippen molar-refractivity contribution in [3.63, 3.8) is 0 Å². The first kappa shape index (κ1) is 16.1. The van der Waals surface area contributed by atoms with E-state index in [9.17, 15) is 4.57 Å². The standard InChI is InChI=1S/C17H22N3O2P/c1-22-23(21)19(13-12-18-16-8-4-2-5-9-16)14-15-20(23)17-10-6-3-7-11-17/h2-11,18H,12-15H2,1H3. The Kier molecular flexibility index (Phi) is 5.01. The predicted molar refractivity (Wildman–Crippen MR) is 94.9 cm³/mol. The minimum Gasteiger partial charge on any atom is -0.384 e. The lowest BCUT2D eigenvalue weighted by Gasteiger charge is -2.29. The number of hydrogen-bond acceptors (Lipinski definition) is 3. The number of benzene rings is 2. The lowest BCUT2D eigenvalue weighted by atomic mass is 10.3. The molecule has 1 N–H and O–H groups in total. The van der Waals surface area contributed by atoms with Crippen LogP contribution in [0, 0.1) is 0 Å². The molecule has 0 saturated carbocycles. The smallest absolute Gasteiger partial charge is 0.371 e. The summed E-state index contributed by atoms with van der Waals surface area (Å²) in [7, 11) is -1.46. The third-order valence-electron chi connectivity index (χ3n) is 4.00. The van der Waals surface area contributed by atoms with Crippen LogP contribution in [-0.4, -0.2) is 38.0 Å². The number of hydrogen-bond donors (Lipinski definition) is 1. The Morgan fingerprint density at radius 3 is 2.35 bits per heavy atom. The van der Waals surface area contributed by atoms with Gasteiger partial charge in [-0.15, -0.1) is 0 Å². The van der Waals surface area contributed by atoms with Crippen molar-refractivity contribution < 1.29 is 9.09 Å². The van der Waals surface area contributed by atoms with Crippen LogP contribution in [0.2, 0.25) is 0 Å². The van der Waals surface area contributed by atoms with E-state index in [4.69, 9.17) is 4.52 Å². The second-order valence-corrected chi connectivity index (χ2v) is 7.77. The van der Waals surface area contributed by atoms with Crippen molar-refractivity contribution in [3.05, 3.63) is 60.7 Å². The molecule has 0 aromatic heterocycles. The Labute approximate surface area is 137 Å². The van der Waals surface area contributed by atoms with Crippen LogP contribution in [0.5, 0.6) is 0 Å². The fourth-order valence-electron chi connectivity index (χ4n) is 2.83. The number of para-hydroxylation sites is 2. The molecular formula is C17H22N3O2P. The lowest BCUT2D eigenvalue weighted by molar-refractivity contribution is 0.332. The molecule has 1 aliphatic heterocycles. The predicted octanol–water partition coefficient (Wildman–Crippen LogP) is 3.68. The Bertz CT molecular complexity index is 666. The summed E-state index contributed by atoms with van der Waals surface area (Å²) in [6, 6.07) is 19.8. The highest BCUT2D eigenvalue weighted by Gasteiger charge is 2.43. The first-order chi connectivity index (χ1) is 11.2. The third kappa shape index (κ3) is 3.42. The molecule has 1 unspecified atom stereocenters. The fraction of sp³-hybridized carbons (Fsp3) is 0.294. The van der Waals surface area contributed by atoms with Crippen molar-refractivity contribution in [1.82, 2.24) is 4.67 Å². The molecule has 0 bridgehead atoms. The van der Waals surface area contributed by atoms with Gasteiger partial charge in [0, 0.05) is 44.7 Å². The second kappa shape index (κ2) is 7.18. The summed E-state index contributed by atoms with van der Waals surface area (Å²) >= 11 is 0. The molecule has 1 aliphatic rings. The molecular weight excluding hydrogens is 309 g/mol. The molecule has 2 aromatic carbocycles. The molecule has 2 aromatic rings. The zero-order valence-corrected chi connectivity index (χ0v) is 14.2. The van der Waals surface area contributed by atoms with Gasteiger partial charge in [-0.05, 0) is 24.3 Å². The van der Waals surface area contributed by atoms with E-state index in [-0.39, 0.29) is 0 Å². The van der Waals surface area contributed by atoms with Gasteiger partial charge in [0.15, 0.2) is 0 Å². The molecule has 1 heterocycles. The van der Waals surface area contributed by atoms with Crippen LogP contribution in [0.4, 0.5) is 11.4 Å². The molecule has 0 amide bonds. The van der Waals surface area contributed by atoms with E-state index < -0.39 is 7.67 Å². The summed E-state index contributed by atoms with van der Waals surface area (Å²) in [6.45, 7) is 2.83. The molecule has 23 heavy (non-hydrogen) atoms. The van der Waals surface area contributed by atoms with Crippen LogP contribution in [-0.2, 0) is 9.09 Å². The Hall–Kier alpha value is -1.81. The summed E-state index contributed by atoms with van der Waals surface area (Å²) in [4.78, 5) is 0. The zero-order chi connectivity index (χ0) is 16.1. The van der Waals surface area contributed by atoms with Gasteiger partial charge >= 0.3 is 7.67 Å². The van der Waals surface area contributed by atoms with Crippen molar-refractivity contribution in [2.75, 3.05) is 43.3 Å². The minimum atomic E-state index is -2.99. The van der Waals surface area contributed by atoms with Gasteiger partial charge in [-0.3, -0.25) is 4.67 Å². The van der Waals surface area contributed by atoms with Crippen molar-refractivity contribution >= 4 is 19.0 Å². The van der Waals surface area contributed by atoms with Gasteiger partial charge in [0.25, 0.3) is 0 Å². The fourth-order valence-corrected chi connectivity index (χ4v) is 5.02. The molecule has 1 fully saturated rings. The molecule has 5 nitrogen and oxygen atoms in total. The topological polar surface area (TPSA) is 44.8 Å². The van der Waals surface area contributed by atoms with Gasteiger partial charge in [0.2, 0.25) is 0 Å². The first-order valence-electron chi connectivity index (χ1n) is 7.77. The molecule has 3 rings (SSSR count). The van der Waals surface area contributed by atoms with Crippen LogP contribution in [0.3, 0.4) is 0 Å². The molecule has 1 saturated heterocycles. The molecule has 0 spiro atoms. The van der Waals surface area contributed by atoms with Gasteiger partial charge < -0.3 is 9.84 Å². The van der Waals surface area contributed by atoms with Crippen molar-refractivity contribution in [2.45, 2.75) is 0 Å². The zero-order valence-electron chi connectivity index (χ0n) is 13.3. The molecule has 1 atom stereocenters. The largest absolute Gasteiger partial charge is 0.384 e. The van der Waals surface area contributed by atoms with E-state index in [0.717, 1.165) is 24.5 Å². The lowest BCUT2D eigenvalue weighted by Crippen LogP contribution is -2.25. The highest BCUT2D eigenvalue weighted by molar-refractivity contribution is 7.58. The van der Waals surface area contributed by atoms with Gasteiger partial charge in [-0.2, -0.15) is 0 Å². The van der Waals surface area contributed by atoms with E-state index in [2.05, 4.69) is 5.32 Å². The average Bonchev–Trinajstić information content (AvgIpc) is 2.94. The summed E-state index contributed by atoms with van der Waals surface area (Å²) in [5.41, 5.74) is 2.01. The molecule has 122 valence electrons. The Balaban J connectivity index is 1.65. The van der Waals surface area contributed by atoms with Crippen LogP contribution < -0.4 is 9.99 Å². The number of anilines is 2. The van der Waals surface area contributed by atoms with Gasteiger partial charge in [0.05, 0.1) is 0 Å². The van der Waals surface area contributed by atoms with Gasteiger partial charge in [-0.25, -0.2) is 9.24 Å². The average molecular weight is 331 g/mol. The monoisotopic (exact) mass is 331 g/mol. The van der Waals surface area contributed by atoms with Gasteiger partial charge in [0.1, 0.15) is 0 Å². The number of nitrogens with zero attached hydrogens (tertiary/aromatic N) is 2. The molecule has 0 aliphatic carbocycles. The minimum absolute atomic E-state index is 0.670.